The Kier molecular flexibility index (Phi) is 2.56. The van der Waals surface area contributed by atoms with E-state index >= 15 is 0 Å². The topological polar surface area (TPSA) is 91.1 Å². The summed E-state index contributed by atoms with van der Waals surface area (Å²) >= 11 is 0. The summed E-state index contributed by atoms with van der Waals surface area (Å²) in [4.78, 5) is 19.0. The number of benzene rings is 1. The van der Waals surface area contributed by atoms with Crippen LogP contribution in [-0.4, -0.2) is 22.0 Å². The summed E-state index contributed by atoms with van der Waals surface area (Å²) in [5.41, 5.74) is 1.78. The van der Waals surface area contributed by atoms with E-state index in [2.05, 4.69) is 15.3 Å². The van der Waals surface area contributed by atoms with Gasteiger partial charge in [-0.3, -0.25) is 0 Å². The van der Waals surface area contributed by atoms with Crippen LogP contribution in [0.2, 0.25) is 0 Å². The number of aromatic nitrogens is 2. The minimum absolute atomic E-state index is 0.345. The lowest BCUT2D eigenvalue weighted by Crippen LogP contribution is -2.38. The van der Waals surface area contributed by atoms with Gasteiger partial charge in [0.1, 0.15) is 17.4 Å². The van der Waals surface area contributed by atoms with E-state index < -0.39 is 12.0 Å². The number of para-hydroxylation sites is 1. The number of rotatable bonds is 3. The second-order valence-electron chi connectivity index (χ2n) is 4.18. The fourth-order valence-corrected chi connectivity index (χ4v) is 1.89. The van der Waals surface area contributed by atoms with Gasteiger partial charge in [-0.2, -0.15) is 0 Å². The van der Waals surface area contributed by atoms with Crippen molar-refractivity contribution in [2.45, 2.75) is 13.0 Å². The summed E-state index contributed by atoms with van der Waals surface area (Å²) in [5, 5.41) is 14.4. The maximum atomic E-state index is 10.8. The van der Waals surface area contributed by atoms with Crippen molar-refractivity contribution in [2.75, 3.05) is 5.32 Å². The third-order valence-corrected chi connectivity index (χ3v) is 2.86. The van der Waals surface area contributed by atoms with Crippen molar-refractivity contribution in [3.8, 4) is 0 Å². The predicted molar refractivity (Wildman–Crippen MR) is 67.4 cm³/mol. The Balaban J connectivity index is 2.18. The van der Waals surface area contributed by atoms with E-state index in [0.717, 1.165) is 5.39 Å². The first-order valence-corrected chi connectivity index (χ1v) is 5.76. The predicted octanol–water partition coefficient (Wildman–Crippen LogP) is 0.926. The molecule has 1 atom stereocenters. The Morgan fingerprint density at radius 2 is 2.16 bits per heavy atom. The molecule has 2 aromatic heterocycles. The molecule has 0 aliphatic heterocycles. The number of carboxylic acid groups (broad SMARTS) is 1. The second-order valence-corrected chi connectivity index (χ2v) is 4.18. The van der Waals surface area contributed by atoms with Gasteiger partial charge in [0, 0.05) is 5.39 Å². The molecule has 96 valence electrons. The van der Waals surface area contributed by atoms with E-state index in [1.807, 2.05) is 24.3 Å². The molecule has 3 rings (SSSR count). The number of furan rings is 1. The zero-order valence-corrected chi connectivity index (χ0v) is 10.1. The van der Waals surface area contributed by atoms with Crippen molar-refractivity contribution >= 4 is 33.9 Å². The van der Waals surface area contributed by atoms with Gasteiger partial charge in [0.05, 0.1) is 12.0 Å². The van der Waals surface area contributed by atoms with Crippen LogP contribution in [-0.2, 0) is 4.79 Å². The Morgan fingerprint density at radius 3 is 2.95 bits per heavy atom. The van der Waals surface area contributed by atoms with E-state index in [1.54, 1.807) is 0 Å². The minimum atomic E-state index is -1.21. The van der Waals surface area contributed by atoms with Crippen molar-refractivity contribution in [2.24, 2.45) is 0 Å². The first-order chi connectivity index (χ1) is 9.16. The van der Waals surface area contributed by atoms with Crippen molar-refractivity contribution in [1.29, 1.82) is 0 Å². The summed E-state index contributed by atoms with van der Waals surface area (Å²) in [6.45, 7) is 1.48. The first-order valence-electron chi connectivity index (χ1n) is 5.76. The third-order valence-electron chi connectivity index (χ3n) is 2.86. The van der Waals surface area contributed by atoms with Crippen LogP contribution in [0.5, 0.6) is 0 Å². The lowest BCUT2D eigenvalue weighted by molar-refractivity contribution is -0.306. The molecule has 0 unspecified atom stereocenters. The number of anilines is 1. The number of hydrogen-bond donors (Lipinski definition) is 1. The van der Waals surface area contributed by atoms with Crippen LogP contribution in [0.1, 0.15) is 6.92 Å². The van der Waals surface area contributed by atoms with Crippen LogP contribution >= 0.6 is 0 Å². The average molecular weight is 256 g/mol. The van der Waals surface area contributed by atoms with Crippen LogP contribution in [0, 0.1) is 0 Å². The summed E-state index contributed by atoms with van der Waals surface area (Å²) in [5.74, 6) is -0.860. The summed E-state index contributed by atoms with van der Waals surface area (Å²) in [6.07, 6.45) is 1.37. The van der Waals surface area contributed by atoms with E-state index in [4.69, 9.17) is 4.42 Å². The van der Waals surface area contributed by atoms with Gasteiger partial charge < -0.3 is 19.6 Å². The fourth-order valence-electron chi connectivity index (χ4n) is 1.89. The monoisotopic (exact) mass is 256 g/mol. The molecular weight excluding hydrogens is 246 g/mol. The largest absolute Gasteiger partial charge is 0.548 e. The van der Waals surface area contributed by atoms with Gasteiger partial charge >= 0.3 is 0 Å². The van der Waals surface area contributed by atoms with Crippen LogP contribution in [0.3, 0.4) is 0 Å². The van der Waals surface area contributed by atoms with E-state index in [1.165, 1.54) is 13.3 Å². The Hall–Kier alpha value is -2.63. The molecule has 1 aromatic carbocycles. The molecule has 0 spiro atoms. The number of carbonyl (C=O) groups is 1. The summed E-state index contributed by atoms with van der Waals surface area (Å²) in [7, 11) is 0. The average Bonchev–Trinajstić information content (AvgIpc) is 2.78. The lowest BCUT2D eigenvalue weighted by atomic mass is 10.2. The number of fused-ring (bicyclic) bond motifs is 3. The molecule has 1 N–H and O–H groups in total. The van der Waals surface area contributed by atoms with Crippen molar-refractivity contribution in [3.63, 3.8) is 0 Å². The fraction of sp³-hybridized carbons (Fsp3) is 0.154. The van der Waals surface area contributed by atoms with Gasteiger partial charge in [-0.15, -0.1) is 0 Å². The number of hydrogen-bond acceptors (Lipinski definition) is 6. The van der Waals surface area contributed by atoms with Crippen molar-refractivity contribution in [1.82, 2.24) is 9.97 Å². The van der Waals surface area contributed by atoms with Gasteiger partial charge in [0.2, 0.25) is 0 Å². The molecule has 0 saturated carbocycles. The van der Waals surface area contributed by atoms with Gasteiger partial charge in [-0.25, -0.2) is 9.97 Å². The number of carbonyl (C=O) groups excluding carboxylic acids is 1. The van der Waals surface area contributed by atoms with Gasteiger partial charge in [0.25, 0.3) is 0 Å². The highest BCUT2D eigenvalue weighted by molar-refractivity contribution is 6.05. The Morgan fingerprint density at radius 1 is 1.37 bits per heavy atom. The zero-order valence-electron chi connectivity index (χ0n) is 10.1. The number of aliphatic carboxylic acids is 1. The van der Waals surface area contributed by atoms with E-state index in [-0.39, 0.29) is 0 Å². The SMILES string of the molecule is C[C@@H](Nc1ncnc2c1oc1ccccc12)C(=O)[O-]. The molecule has 0 bridgehead atoms. The molecule has 19 heavy (non-hydrogen) atoms. The molecule has 6 heteroatoms. The smallest absolute Gasteiger partial charge is 0.196 e. The van der Waals surface area contributed by atoms with Gasteiger partial charge in [-0.1, -0.05) is 12.1 Å². The van der Waals surface area contributed by atoms with Crippen LogP contribution in [0.15, 0.2) is 35.0 Å². The standard InChI is InChI=1S/C13H11N3O3/c1-7(13(17)18)16-12-11-10(14-6-15-12)8-4-2-3-5-9(8)19-11/h2-7H,1H3,(H,17,18)(H,14,15,16)/p-1/t7-/m1/s1. The quantitative estimate of drug-likeness (QED) is 0.749. The third kappa shape index (κ3) is 1.87. The van der Waals surface area contributed by atoms with Crippen molar-refractivity contribution in [3.05, 3.63) is 30.6 Å². The highest BCUT2D eigenvalue weighted by Crippen LogP contribution is 2.30. The molecule has 0 amide bonds. The zero-order chi connectivity index (χ0) is 13.4. The number of carboxylic acids is 1. The van der Waals surface area contributed by atoms with Crippen LogP contribution < -0.4 is 10.4 Å². The molecular formula is C13H10N3O3-. The van der Waals surface area contributed by atoms with Gasteiger partial charge in [-0.05, 0) is 19.1 Å². The van der Waals surface area contributed by atoms with Crippen LogP contribution in [0.25, 0.3) is 22.1 Å². The highest BCUT2D eigenvalue weighted by atomic mass is 16.4. The number of nitrogens with one attached hydrogen (secondary N) is 1. The summed E-state index contributed by atoms with van der Waals surface area (Å²) < 4.78 is 5.66. The highest BCUT2D eigenvalue weighted by Gasteiger charge is 2.14. The Bertz CT molecular complexity index is 766. The molecule has 6 nitrogen and oxygen atoms in total. The molecule has 0 radical (unpaired) electrons. The Labute approximate surface area is 108 Å². The van der Waals surface area contributed by atoms with Gasteiger partial charge in [0.15, 0.2) is 11.4 Å². The minimum Gasteiger partial charge on any atom is -0.548 e. The molecule has 0 aliphatic rings. The molecule has 3 aromatic rings. The van der Waals surface area contributed by atoms with E-state index in [0.29, 0.717) is 22.5 Å². The second kappa shape index (κ2) is 4.24. The molecule has 2 heterocycles. The van der Waals surface area contributed by atoms with Crippen molar-refractivity contribution < 1.29 is 14.3 Å². The molecule has 0 aliphatic carbocycles. The number of nitrogens with zero attached hydrogens (tertiary/aromatic N) is 2. The maximum absolute atomic E-state index is 10.8. The normalized spacial score (nSPS) is 12.7. The summed E-state index contributed by atoms with van der Waals surface area (Å²) in [6, 6.07) is 6.58. The molecule has 0 saturated heterocycles. The lowest BCUT2D eigenvalue weighted by Gasteiger charge is -2.14. The first kappa shape index (κ1) is 11.5. The van der Waals surface area contributed by atoms with E-state index in [9.17, 15) is 9.90 Å². The molecule has 0 fully saturated rings. The maximum Gasteiger partial charge on any atom is 0.196 e. The van der Waals surface area contributed by atoms with Crippen LogP contribution in [0.4, 0.5) is 5.82 Å².